The molecule has 0 saturated carbocycles. The maximum atomic E-state index is 13.2. The van der Waals surface area contributed by atoms with Gasteiger partial charge in [0, 0.05) is 25.2 Å². The second kappa shape index (κ2) is 6.88. The summed E-state index contributed by atoms with van der Waals surface area (Å²) in [7, 11) is 0. The van der Waals surface area contributed by atoms with Crippen molar-refractivity contribution < 1.29 is 13.6 Å². The highest BCUT2D eigenvalue weighted by molar-refractivity contribution is 5.97. The molecule has 26 heavy (non-hydrogen) atoms. The number of fused-ring (bicyclic) bond motifs is 1. The lowest BCUT2D eigenvalue weighted by molar-refractivity contribution is 0.0942. The summed E-state index contributed by atoms with van der Waals surface area (Å²) in [5, 5.41) is 2.94. The van der Waals surface area contributed by atoms with Gasteiger partial charge in [0.15, 0.2) is 5.58 Å². The second-order valence-electron chi connectivity index (χ2n) is 6.08. The predicted molar refractivity (Wildman–Crippen MR) is 97.3 cm³/mol. The first-order valence-corrected chi connectivity index (χ1v) is 8.34. The van der Waals surface area contributed by atoms with E-state index in [0.29, 0.717) is 24.4 Å². The Bertz CT molecular complexity index is 1030. The summed E-state index contributed by atoms with van der Waals surface area (Å²) in [6.45, 7) is 0.903. The van der Waals surface area contributed by atoms with E-state index in [-0.39, 0.29) is 11.7 Å². The van der Waals surface area contributed by atoms with E-state index >= 15 is 0 Å². The van der Waals surface area contributed by atoms with Gasteiger partial charge in [-0.15, -0.1) is 0 Å². The van der Waals surface area contributed by atoms with Crippen LogP contribution in [0.4, 0.5) is 4.39 Å². The molecule has 1 N–H and O–H groups in total. The van der Waals surface area contributed by atoms with Crippen molar-refractivity contribution in [2.75, 3.05) is 0 Å². The SMILES string of the molecule is O=C(NCc1ccccc1)c1cc2occc2n1Cc1ccc(F)cc1. The third-order valence-corrected chi connectivity index (χ3v) is 4.31. The summed E-state index contributed by atoms with van der Waals surface area (Å²) in [4.78, 5) is 12.7. The van der Waals surface area contributed by atoms with Gasteiger partial charge in [0.1, 0.15) is 11.5 Å². The normalized spacial score (nSPS) is 11.0. The molecular formula is C21H17FN2O2. The van der Waals surface area contributed by atoms with Crippen LogP contribution in [0.15, 0.2) is 77.4 Å². The molecule has 2 aromatic carbocycles. The molecule has 5 heteroatoms. The Morgan fingerprint density at radius 2 is 1.77 bits per heavy atom. The number of nitrogens with one attached hydrogen (secondary N) is 1. The Balaban J connectivity index is 1.60. The van der Waals surface area contributed by atoms with Crippen LogP contribution in [0.1, 0.15) is 21.6 Å². The highest BCUT2D eigenvalue weighted by Gasteiger charge is 2.17. The highest BCUT2D eigenvalue weighted by atomic mass is 19.1. The van der Waals surface area contributed by atoms with E-state index in [1.54, 1.807) is 24.5 Å². The lowest BCUT2D eigenvalue weighted by atomic mass is 10.2. The van der Waals surface area contributed by atoms with Gasteiger partial charge in [-0.25, -0.2) is 4.39 Å². The third kappa shape index (κ3) is 3.24. The van der Waals surface area contributed by atoms with Crippen LogP contribution in [0.2, 0.25) is 0 Å². The molecule has 2 heterocycles. The molecule has 0 aliphatic carbocycles. The first-order valence-electron chi connectivity index (χ1n) is 8.34. The molecule has 4 rings (SSSR count). The summed E-state index contributed by atoms with van der Waals surface area (Å²) >= 11 is 0. The number of carbonyl (C=O) groups excluding carboxylic acids is 1. The van der Waals surface area contributed by atoms with Crippen molar-refractivity contribution in [3.05, 3.63) is 95.6 Å². The number of carbonyl (C=O) groups is 1. The minimum Gasteiger partial charge on any atom is -0.463 e. The predicted octanol–water partition coefficient (Wildman–Crippen LogP) is 4.35. The summed E-state index contributed by atoms with van der Waals surface area (Å²) < 4.78 is 20.5. The largest absolute Gasteiger partial charge is 0.463 e. The molecule has 0 spiro atoms. The number of hydrogen-bond donors (Lipinski definition) is 1. The molecule has 0 bridgehead atoms. The Morgan fingerprint density at radius 1 is 1.00 bits per heavy atom. The number of hydrogen-bond acceptors (Lipinski definition) is 2. The van der Waals surface area contributed by atoms with E-state index in [1.165, 1.54) is 12.1 Å². The van der Waals surface area contributed by atoms with Crippen LogP contribution in [-0.4, -0.2) is 10.5 Å². The molecule has 0 saturated heterocycles. The fourth-order valence-corrected chi connectivity index (χ4v) is 2.98. The number of furan rings is 1. The van der Waals surface area contributed by atoms with E-state index in [9.17, 15) is 9.18 Å². The van der Waals surface area contributed by atoms with E-state index in [2.05, 4.69) is 5.32 Å². The third-order valence-electron chi connectivity index (χ3n) is 4.31. The minimum absolute atomic E-state index is 0.178. The Labute approximate surface area is 149 Å². The zero-order chi connectivity index (χ0) is 17.9. The maximum absolute atomic E-state index is 13.2. The van der Waals surface area contributed by atoms with Gasteiger partial charge in [0.2, 0.25) is 0 Å². The van der Waals surface area contributed by atoms with Crippen LogP contribution in [0.3, 0.4) is 0 Å². The van der Waals surface area contributed by atoms with Gasteiger partial charge in [0.25, 0.3) is 5.91 Å². The van der Waals surface area contributed by atoms with Crippen molar-refractivity contribution >= 4 is 17.0 Å². The average Bonchev–Trinajstić information content (AvgIpc) is 3.25. The van der Waals surface area contributed by atoms with E-state index in [0.717, 1.165) is 16.6 Å². The summed E-state index contributed by atoms with van der Waals surface area (Å²) in [5.41, 5.74) is 3.93. The molecule has 0 aliphatic heterocycles. The quantitative estimate of drug-likeness (QED) is 0.583. The van der Waals surface area contributed by atoms with Gasteiger partial charge < -0.3 is 14.3 Å². The molecule has 0 atom stereocenters. The zero-order valence-electron chi connectivity index (χ0n) is 14.0. The Kier molecular flexibility index (Phi) is 4.27. The van der Waals surface area contributed by atoms with Gasteiger partial charge >= 0.3 is 0 Å². The van der Waals surface area contributed by atoms with Gasteiger partial charge in [-0.1, -0.05) is 42.5 Å². The first-order chi connectivity index (χ1) is 12.7. The van der Waals surface area contributed by atoms with Crippen LogP contribution in [0.25, 0.3) is 11.1 Å². The van der Waals surface area contributed by atoms with Crippen LogP contribution >= 0.6 is 0 Å². The average molecular weight is 348 g/mol. The molecule has 130 valence electrons. The molecule has 0 unspecified atom stereocenters. The monoisotopic (exact) mass is 348 g/mol. The smallest absolute Gasteiger partial charge is 0.268 e. The number of halogens is 1. The number of rotatable bonds is 5. The summed E-state index contributed by atoms with van der Waals surface area (Å²) in [6, 6.07) is 19.6. The highest BCUT2D eigenvalue weighted by Crippen LogP contribution is 2.22. The van der Waals surface area contributed by atoms with Crippen LogP contribution < -0.4 is 5.32 Å². The van der Waals surface area contributed by atoms with Crippen molar-refractivity contribution in [3.63, 3.8) is 0 Å². The fraction of sp³-hybridized carbons (Fsp3) is 0.0952. The molecule has 0 fully saturated rings. The maximum Gasteiger partial charge on any atom is 0.268 e. The second-order valence-corrected chi connectivity index (χ2v) is 6.08. The molecule has 4 aromatic rings. The Morgan fingerprint density at radius 3 is 2.54 bits per heavy atom. The van der Waals surface area contributed by atoms with Crippen molar-refractivity contribution in [2.24, 2.45) is 0 Å². The van der Waals surface area contributed by atoms with Crippen LogP contribution in [0, 0.1) is 5.82 Å². The van der Waals surface area contributed by atoms with E-state index in [1.807, 2.05) is 41.0 Å². The lowest BCUT2D eigenvalue weighted by Gasteiger charge is -2.11. The fourth-order valence-electron chi connectivity index (χ4n) is 2.98. The number of amides is 1. The Hall–Kier alpha value is -3.34. The summed E-state index contributed by atoms with van der Waals surface area (Å²) in [5.74, 6) is -0.460. The van der Waals surface area contributed by atoms with Crippen molar-refractivity contribution in [2.45, 2.75) is 13.1 Å². The summed E-state index contributed by atoms with van der Waals surface area (Å²) in [6.07, 6.45) is 1.59. The van der Waals surface area contributed by atoms with E-state index in [4.69, 9.17) is 4.42 Å². The number of nitrogens with zero attached hydrogens (tertiary/aromatic N) is 1. The van der Waals surface area contributed by atoms with Crippen molar-refractivity contribution in [1.29, 1.82) is 0 Å². The number of aromatic nitrogens is 1. The van der Waals surface area contributed by atoms with Crippen molar-refractivity contribution in [1.82, 2.24) is 9.88 Å². The van der Waals surface area contributed by atoms with Gasteiger partial charge in [0.05, 0.1) is 11.8 Å². The molecule has 0 aliphatic rings. The topological polar surface area (TPSA) is 47.2 Å². The van der Waals surface area contributed by atoms with Crippen molar-refractivity contribution in [3.8, 4) is 0 Å². The molecular weight excluding hydrogens is 331 g/mol. The molecule has 2 aromatic heterocycles. The van der Waals surface area contributed by atoms with E-state index < -0.39 is 0 Å². The molecule has 0 radical (unpaired) electrons. The molecule has 4 nitrogen and oxygen atoms in total. The standard InChI is InChI=1S/C21H17FN2O2/c22-17-8-6-16(7-9-17)14-24-18-10-11-26-20(18)12-19(24)21(25)23-13-15-4-2-1-3-5-15/h1-12H,13-14H2,(H,23,25). The number of benzene rings is 2. The van der Waals surface area contributed by atoms with Crippen LogP contribution in [-0.2, 0) is 13.1 Å². The first kappa shape index (κ1) is 16.1. The van der Waals surface area contributed by atoms with Gasteiger partial charge in [-0.05, 0) is 23.3 Å². The van der Waals surface area contributed by atoms with Gasteiger partial charge in [-0.3, -0.25) is 4.79 Å². The van der Waals surface area contributed by atoms with Crippen LogP contribution in [0.5, 0.6) is 0 Å². The lowest BCUT2D eigenvalue weighted by Crippen LogP contribution is -2.25. The zero-order valence-corrected chi connectivity index (χ0v) is 14.0. The molecule has 1 amide bonds. The minimum atomic E-state index is -0.282. The van der Waals surface area contributed by atoms with Gasteiger partial charge in [-0.2, -0.15) is 0 Å².